The van der Waals surface area contributed by atoms with Crippen LogP contribution in [0.1, 0.15) is 48.6 Å². The summed E-state index contributed by atoms with van der Waals surface area (Å²) in [4.78, 5) is 17.7. The smallest absolute Gasteiger partial charge is 0.234 e. The molecule has 1 atom stereocenters. The van der Waals surface area contributed by atoms with Gasteiger partial charge in [0, 0.05) is 43.5 Å². The Bertz CT molecular complexity index is 1030. The van der Waals surface area contributed by atoms with Gasteiger partial charge in [0.05, 0.1) is 19.7 Å². The van der Waals surface area contributed by atoms with Crippen molar-refractivity contribution in [2.75, 3.05) is 44.7 Å². The molecule has 1 aliphatic carbocycles. The van der Waals surface area contributed by atoms with Gasteiger partial charge in [0.2, 0.25) is 5.91 Å². The first-order valence-corrected chi connectivity index (χ1v) is 11.9. The van der Waals surface area contributed by atoms with Gasteiger partial charge < -0.3 is 20.1 Å². The Morgan fingerprint density at radius 2 is 1.88 bits per heavy atom. The van der Waals surface area contributed by atoms with Crippen LogP contribution >= 0.6 is 0 Å². The molecule has 2 aromatic rings. The van der Waals surface area contributed by atoms with Gasteiger partial charge in [-0.2, -0.15) is 0 Å². The molecule has 1 amide bonds. The predicted octanol–water partition coefficient (Wildman–Crippen LogP) is 3.97. The number of ether oxygens (including phenoxy) is 1. The molecule has 0 aromatic heterocycles. The zero-order chi connectivity index (χ0) is 23.8. The summed E-state index contributed by atoms with van der Waals surface area (Å²) in [7, 11) is 1.68. The van der Waals surface area contributed by atoms with Crippen LogP contribution in [-0.2, 0) is 11.2 Å². The largest absolute Gasteiger partial charge is 0.507 e. The van der Waals surface area contributed by atoms with Crippen LogP contribution in [0.5, 0.6) is 11.5 Å². The number of rotatable bonds is 5. The lowest BCUT2D eigenvalue weighted by molar-refractivity contribution is -0.124. The molecule has 178 valence electrons. The number of phenols is 1. The molecule has 33 heavy (non-hydrogen) atoms. The Morgan fingerprint density at radius 3 is 2.58 bits per heavy atom. The van der Waals surface area contributed by atoms with E-state index in [9.17, 15) is 9.90 Å². The van der Waals surface area contributed by atoms with Gasteiger partial charge in [-0.15, -0.1) is 0 Å². The van der Waals surface area contributed by atoms with Crippen molar-refractivity contribution in [2.24, 2.45) is 5.41 Å². The predicted molar refractivity (Wildman–Crippen MR) is 132 cm³/mol. The highest BCUT2D eigenvalue weighted by Gasteiger charge is 2.40. The van der Waals surface area contributed by atoms with Crippen molar-refractivity contribution in [3.63, 3.8) is 0 Å². The second-order valence-electron chi connectivity index (χ2n) is 10.2. The van der Waals surface area contributed by atoms with E-state index in [-0.39, 0.29) is 17.4 Å². The number of methoxy groups -OCH3 is 1. The van der Waals surface area contributed by atoms with Crippen molar-refractivity contribution >= 4 is 11.6 Å². The summed E-state index contributed by atoms with van der Waals surface area (Å²) in [6.07, 6.45) is 1.91. The van der Waals surface area contributed by atoms with Crippen LogP contribution in [0.3, 0.4) is 0 Å². The van der Waals surface area contributed by atoms with Crippen molar-refractivity contribution in [2.45, 2.75) is 46.6 Å². The summed E-state index contributed by atoms with van der Waals surface area (Å²) in [5, 5.41) is 14.2. The Kier molecular flexibility index (Phi) is 6.57. The molecule has 6 nitrogen and oxygen atoms in total. The number of nitrogens with one attached hydrogen (secondary N) is 1. The monoisotopic (exact) mass is 451 g/mol. The molecular weight excluding hydrogens is 414 g/mol. The number of piperazine rings is 1. The number of fused-ring (bicyclic) bond motifs is 1. The van der Waals surface area contributed by atoms with E-state index in [4.69, 9.17) is 4.74 Å². The first kappa shape index (κ1) is 23.4. The van der Waals surface area contributed by atoms with Crippen LogP contribution in [0.15, 0.2) is 30.3 Å². The molecule has 4 rings (SSSR count). The van der Waals surface area contributed by atoms with Crippen molar-refractivity contribution in [3.8, 4) is 11.5 Å². The molecular formula is C27H37N3O3. The standard InChI is InChI=1S/C27H37N3O3/c1-18-15-19(2)25(32)24-22(18)9-10-27(3,4)26(24)28-23(31)17-29-11-13-30(14-12-29)20-7-6-8-21(16-20)33-5/h6-8,15-16,26,32H,9-14,17H2,1-5H3,(H,28,31). The van der Waals surface area contributed by atoms with Gasteiger partial charge in [-0.25, -0.2) is 0 Å². The van der Waals surface area contributed by atoms with E-state index < -0.39 is 0 Å². The van der Waals surface area contributed by atoms with Crippen LogP contribution in [0.25, 0.3) is 0 Å². The number of hydrogen-bond acceptors (Lipinski definition) is 5. The molecule has 1 heterocycles. The zero-order valence-corrected chi connectivity index (χ0v) is 20.6. The minimum Gasteiger partial charge on any atom is -0.507 e. The number of benzene rings is 2. The highest BCUT2D eigenvalue weighted by atomic mass is 16.5. The molecule has 1 saturated heterocycles. The molecule has 6 heteroatoms. The lowest BCUT2D eigenvalue weighted by Gasteiger charge is -2.42. The van der Waals surface area contributed by atoms with Gasteiger partial charge >= 0.3 is 0 Å². The highest BCUT2D eigenvalue weighted by molar-refractivity contribution is 5.79. The van der Waals surface area contributed by atoms with Gasteiger partial charge in [-0.1, -0.05) is 26.0 Å². The van der Waals surface area contributed by atoms with Crippen LogP contribution < -0.4 is 15.0 Å². The fraction of sp³-hybridized carbons (Fsp3) is 0.519. The summed E-state index contributed by atoms with van der Waals surface area (Å²) < 4.78 is 5.35. The molecule has 2 aliphatic rings. The Hall–Kier alpha value is -2.73. The number of carbonyl (C=O) groups is 1. The molecule has 0 spiro atoms. The maximum absolute atomic E-state index is 13.1. The molecule has 1 aliphatic heterocycles. The third kappa shape index (κ3) is 4.81. The van der Waals surface area contributed by atoms with Crippen molar-refractivity contribution in [1.82, 2.24) is 10.2 Å². The fourth-order valence-electron chi connectivity index (χ4n) is 5.32. The number of amides is 1. The third-order valence-corrected chi connectivity index (χ3v) is 7.42. The van der Waals surface area contributed by atoms with Gasteiger partial charge in [0.15, 0.2) is 0 Å². The normalized spacial score (nSPS) is 20.3. The summed E-state index contributed by atoms with van der Waals surface area (Å²) in [6, 6.07) is 9.98. The zero-order valence-electron chi connectivity index (χ0n) is 20.6. The highest BCUT2D eigenvalue weighted by Crippen LogP contribution is 2.48. The number of hydrogen-bond donors (Lipinski definition) is 2. The molecule has 2 aromatic carbocycles. The maximum Gasteiger partial charge on any atom is 0.234 e. The summed E-state index contributed by atoms with van der Waals surface area (Å²) in [5.74, 6) is 1.22. The van der Waals surface area contributed by atoms with Crippen molar-refractivity contribution in [1.29, 1.82) is 0 Å². The first-order valence-electron chi connectivity index (χ1n) is 11.9. The van der Waals surface area contributed by atoms with Crippen molar-refractivity contribution < 1.29 is 14.6 Å². The lowest BCUT2D eigenvalue weighted by Crippen LogP contribution is -2.51. The topological polar surface area (TPSA) is 65.0 Å². The second kappa shape index (κ2) is 9.26. The Morgan fingerprint density at radius 1 is 1.15 bits per heavy atom. The SMILES string of the molecule is COc1cccc(N2CCN(CC(=O)NC3c4c(O)c(C)cc(C)c4CCC3(C)C)CC2)c1. The fourth-order valence-corrected chi connectivity index (χ4v) is 5.32. The van der Waals surface area contributed by atoms with E-state index in [0.29, 0.717) is 12.3 Å². The van der Waals surface area contributed by atoms with E-state index in [1.807, 2.05) is 25.1 Å². The first-order chi connectivity index (χ1) is 15.7. The number of phenolic OH excluding ortho intramolecular Hbond substituents is 1. The van der Waals surface area contributed by atoms with E-state index >= 15 is 0 Å². The number of anilines is 1. The average molecular weight is 452 g/mol. The van der Waals surface area contributed by atoms with E-state index in [0.717, 1.165) is 61.6 Å². The minimum absolute atomic E-state index is 0.0225. The van der Waals surface area contributed by atoms with Gasteiger partial charge in [0.1, 0.15) is 11.5 Å². The number of carbonyl (C=O) groups excluding carboxylic acids is 1. The van der Waals surface area contributed by atoms with E-state index in [1.165, 1.54) is 11.1 Å². The number of aryl methyl sites for hydroxylation is 2. The number of nitrogens with zero attached hydrogens (tertiary/aromatic N) is 2. The average Bonchev–Trinajstić information content (AvgIpc) is 2.79. The molecule has 1 unspecified atom stereocenters. The Labute approximate surface area is 197 Å². The van der Waals surface area contributed by atoms with E-state index in [1.54, 1.807) is 7.11 Å². The number of aromatic hydroxyl groups is 1. The maximum atomic E-state index is 13.1. The Balaban J connectivity index is 1.41. The minimum atomic E-state index is -0.189. The summed E-state index contributed by atoms with van der Waals surface area (Å²) >= 11 is 0. The second-order valence-corrected chi connectivity index (χ2v) is 10.2. The summed E-state index contributed by atoms with van der Waals surface area (Å²) in [6.45, 7) is 12.2. The van der Waals surface area contributed by atoms with Crippen LogP contribution in [0.2, 0.25) is 0 Å². The van der Waals surface area contributed by atoms with Gasteiger partial charge in [-0.05, 0) is 60.9 Å². The van der Waals surface area contributed by atoms with Crippen LogP contribution in [0.4, 0.5) is 5.69 Å². The molecule has 0 radical (unpaired) electrons. The van der Waals surface area contributed by atoms with Crippen LogP contribution in [0, 0.1) is 19.3 Å². The van der Waals surface area contributed by atoms with Gasteiger partial charge in [0.25, 0.3) is 0 Å². The van der Waals surface area contributed by atoms with E-state index in [2.05, 4.69) is 48.0 Å². The molecule has 0 saturated carbocycles. The summed E-state index contributed by atoms with van der Waals surface area (Å²) in [5.41, 5.74) is 5.21. The molecule has 0 bridgehead atoms. The quantitative estimate of drug-likeness (QED) is 0.720. The third-order valence-electron chi connectivity index (χ3n) is 7.42. The lowest BCUT2D eigenvalue weighted by atomic mass is 9.68. The molecule has 1 fully saturated rings. The van der Waals surface area contributed by atoms with Crippen LogP contribution in [-0.4, -0.2) is 55.7 Å². The molecule has 2 N–H and O–H groups in total. The van der Waals surface area contributed by atoms with Gasteiger partial charge in [-0.3, -0.25) is 9.69 Å². The van der Waals surface area contributed by atoms with Crippen molar-refractivity contribution in [3.05, 3.63) is 52.6 Å².